The van der Waals surface area contributed by atoms with Crippen LogP contribution in [-0.4, -0.2) is 40.5 Å². The van der Waals surface area contributed by atoms with Gasteiger partial charge in [-0.1, -0.05) is 26.0 Å². The molecule has 156 valence electrons. The molecule has 0 spiro atoms. The Labute approximate surface area is 169 Å². The number of nitrogens with zero attached hydrogens (tertiary/aromatic N) is 1. The minimum Gasteiger partial charge on any atom is -0.497 e. The molecule has 10 heteroatoms. The first kappa shape index (κ1) is 24.2. The number of hydrogen-bond donors (Lipinski definition) is 1. The molecule has 1 rings (SSSR count). The van der Waals surface area contributed by atoms with Crippen LogP contribution in [0.15, 0.2) is 29.3 Å². The van der Waals surface area contributed by atoms with Gasteiger partial charge in [0.15, 0.2) is 5.28 Å². The van der Waals surface area contributed by atoms with Crippen molar-refractivity contribution < 1.29 is 33.0 Å². The molecule has 0 heterocycles. The van der Waals surface area contributed by atoms with E-state index in [4.69, 9.17) is 14.0 Å². The Bertz CT molecular complexity index is 732. The van der Waals surface area contributed by atoms with Gasteiger partial charge in [0.2, 0.25) is 0 Å². The molecule has 28 heavy (non-hydrogen) atoms. The van der Waals surface area contributed by atoms with Crippen molar-refractivity contribution in [3.63, 3.8) is 0 Å². The number of rotatable bonds is 11. The highest BCUT2D eigenvalue weighted by atomic mass is 32.2. The van der Waals surface area contributed by atoms with Gasteiger partial charge in [0, 0.05) is 0 Å². The lowest BCUT2D eigenvalue weighted by Gasteiger charge is -2.30. The summed E-state index contributed by atoms with van der Waals surface area (Å²) in [6.45, 7) is 4.66. The number of ketones is 1. The first-order valence-corrected chi connectivity index (χ1v) is 11.3. The van der Waals surface area contributed by atoms with Crippen molar-refractivity contribution in [2.24, 2.45) is 4.99 Å². The summed E-state index contributed by atoms with van der Waals surface area (Å²) in [4.78, 5) is 37.5. The van der Waals surface area contributed by atoms with E-state index in [2.05, 4.69) is 4.99 Å². The number of Topliss-reactive ketones (excluding diaryl/α,β-unsaturated/α-hetero) is 1. The third kappa shape index (κ3) is 6.96. The van der Waals surface area contributed by atoms with Crippen LogP contribution in [0.25, 0.3) is 0 Å². The zero-order chi connectivity index (χ0) is 21.2. The predicted molar refractivity (Wildman–Crippen MR) is 109 cm³/mol. The minimum atomic E-state index is -4.48. The Balaban J connectivity index is 2.75. The van der Waals surface area contributed by atoms with E-state index in [1.54, 1.807) is 38.1 Å². The average molecular weight is 431 g/mol. The van der Waals surface area contributed by atoms with E-state index < -0.39 is 19.0 Å². The van der Waals surface area contributed by atoms with Crippen molar-refractivity contribution in [3.05, 3.63) is 29.8 Å². The maximum Gasteiger partial charge on any atom is 0.515 e. The van der Waals surface area contributed by atoms with Crippen LogP contribution < -0.4 is 4.74 Å². The van der Waals surface area contributed by atoms with Gasteiger partial charge in [0.05, 0.1) is 18.4 Å². The van der Waals surface area contributed by atoms with Crippen LogP contribution in [0.2, 0.25) is 0 Å². The molecule has 1 atom stereocenters. The van der Waals surface area contributed by atoms with Crippen molar-refractivity contribution in [3.8, 4) is 5.75 Å². The van der Waals surface area contributed by atoms with Gasteiger partial charge in [0.25, 0.3) is 0 Å². The second-order valence-electron chi connectivity index (χ2n) is 5.94. The summed E-state index contributed by atoms with van der Waals surface area (Å²) < 4.78 is 27.5. The molecule has 0 bridgehead atoms. The van der Waals surface area contributed by atoms with Gasteiger partial charge < -0.3 is 18.9 Å². The highest BCUT2D eigenvalue weighted by molar-refractivity contribution is 8.12. The number of methoxy groups -OCH3 is 1. The maximum atomic E-state index is 12.8. The zero-order valence-corrected chi connectivity index (χ0v) is 18.1. The normalized spacial score (nSPS) is 13.8. The third-order valence-corrected chi connectivity index (χ3v) is 7.05. The second kappa shape index (κ2) is 11.2. The third-order valence-electron chi connectivity index (χ3n) is 4.03. The Kier molecular flexibility index (Phi) is 9.72. The molecular formula is C18H26NO7PS. The highest BCUT2D eigenvalue weighted by Crippen LogP contribution is 2.60. The predicted octanol–water partition coefficient (Wildman–Crippen LogP) is 4.40. The van der Waals surface area contributed by atoms with Crippen LogP contribution in [0.5, 0.6) is 5.75 Å². The summed E-state index contributed by atoms with van der Waals surface area (Å²) in [6, 6.07) is 6.80. The topological polar surface area (TPSA) is 111 Å². The van der Waals surface area contributed by atoms with Crippen molar-refractivity contribution in [1.82, 2.24) is 0 Å². The summed E-state index contributed by atoms with van der Waals surface area (Å²) in [5.41, 5.74) is 2.02. The highest BCUT2D eigenvalue weighted by Gasteiger charge is 2.49. The van der Waals surface area contributed by atoms with Crippen LogP contribution >= 0.6 is 19.4 Å². The van der Waals surface area contributed by atoms with E-state index in [1.807, 2.05) is 0 Å². The number of aliphatic imine (C=N–C) groups is 1. The molecule has 0 aliphatic rings. The smallest absolute Gasteiger partial charge is 0.497 e. The van der Waals surface area contributed by atoms with Crippen molar-refractivity contribution in [2.45, 2.75) is 45.5 Å². The summed E-state index contributed by atoms with van der Waals surface area (Å²) in [5, 5.41) is -1.49. The first-order chi connectivity index (χ1) is 13.2. The summed E-state index contributed by atoms with van der Waals surface area (Å²) in [6.07, 6.45) is -0.917. The Morgan fingerprint density at radius 3 is 2.36 bits per heavy atom. The summed E-state index contributed by atoms with van der Waals surface area (Å²) >= 11 is 1.11. The Morgan fingerprint density at radius 2 is 1.86 bits per heavy atom. The van der Waals surface area contributed by atoms with Crippen LogP contribution in [0, 0.1) is 0 Å². The molecule has 1 N–H and O–H groups in total. The van der Waals surface area contributed by atoms with Gasteiger partial charge in [0.1, 0.15) is 18.1 Å². The largest absolute Gasteiger partial charge is 0.515 e. The fourth-order valence-corrected chi connectivity index (χ4v) is 4.36. The molecule has 1 aromatic carbocycles. The molecule has 0 aliphatic carbocycles. The first-order valence-electron chi connectivity index (χ1n) is 8.66. The SMILES string of the molecule is CCC(CC)(N=CSCC(C)=O)P(=O)(O)OC(=O)OCc1ccc(OC)cc1. The fourth-order valence-electron chi connectivity index (χ4n) is 2.27. The Morgan fingerprint density at radius 1 is 1.25 bits per heavy atom. The number of benzene rings is 1. The van der Waals surface area contributed by atoms with Crippen LogP contribution in [0.1, 0.15) is 39.2 Å². The number of carbonyl (C=O) groups excluding carboxylic acids is 2. The van der Waals surface area contributed by atoms with Gasteiger partial charge in [-0.3, -0.25) is 9.79 Å². The molecule has 0 radical (unpaired) electrons. The maximum absolute atomic E-state index is 12.8. The zero-order valence-electron chi connectivity index (χ0n) is 16.4. The van der Waals surface area contributed by atoms with E-state index >= 15 is 0 Å². The Hall–Kier alpha value is -1.83. The number of hydrogen-bond acceptors (Lipinski definition) is 8. The molecule has 1 aromatic rings. The van der Waals surface area contributed by atoms with Gasteiger partial charge in [-0.2, -0.15) is 0 Å². The quantitative estimate of drug-likeness (QED) is 0.237. The number of ether oxygens (including phenoxy) is 2. The fraction of sp³-hybridized carbons (Fsp3) is 0.500. The molecule has 0 fully saturated rings. The monoisotopic (exact) mass is 431 g/mol. The van der Waals surface area contributed by atoms with E-state index in [1.165, 1.54) is 19.6 Å². The van der Waals surface area contributed by atoms with Gasteiger partial charge in [-0.25, -0.2) is 9.36 Å². The molecule has 0 amide bonds. The average Bonchev–Trinajstić information content (AvgIpc) is 2.66. The molecule has 8 nitrogen and oxygen atoms in total. The molecule has 0 saturated carbocycles. The molecular weight excluding hydrogens is 405 g/mol. The molecule has 0 saturated heterocycles. The second-order valence-corrected chi connectivity index (χ2v) is 8.82. The molecule has 0 aliphatic heterocycles. The lowest BCUT2D eigenvalue weighted by atomic mass is 10.2. The van der Waals surface area contributed by atoms with E-state index in [0.29, 0.717) is 11.3 Å². The van der Waals surface area contributed by atoms with Gasteiger partial charge >= 0.3 is 13.8 Å². The van der Waals surface area contributed by atoms with Crippen molar-refractivity contribution in [2.75, 3.05) is 12.9 Å². The molecule has 1 unspecified atom stereocenters. The van der Waals surface area contributed by atoms with Crippen LogP contribution in [-0.2, 0) is 25.2 Å². The van der Waals surface area contributed by atoms with E-state index in [9.17, 15) is 19.0 Å². The van der Waals surface area contributed by atoms with Crippen molar-refractivity contribution >= 4 is 36.8 Å². The standard InChI is InChI=1S/C18H26NO7PS/c1-5-18(6-2,19-13-28-12-14(3)20)27(22,23)26-17(21)25-11-15-7-9-16(24-4)10-8-15/h7-10,13H,5-6,11-12H2,1-4H3,(H,22,23). The van der Waals surface area contributed by atoms with Crippen molar-refractivity contribution in [1.29, 1.82) is 0 Å². The number of thioether (sulfide) groups is 1. The number of carbonyl (C=O) groups is 2. The van der Waals surface area contributed by atoms with Crippen LogP contribution in [0.4, 0.5) is 4.79 Å². The van der Waals surface area contributed by atoms with E-state index in [-0.39, 0.29) is 31.0 Å². The van der Waals surface area contributed by atoms with Gasteiger partial charge in [-0.15, -0.1) is 11.8 Å². The molecule has 0 aromatic heterocycles. The van der Waals surface area contributed by atoms with Gasteiger partial charge in [-0.05, 0) is 37.5 Å². The minimum absolute atomic E-state index is 0.0411. The lowest BCUT2D eigenvalue weighted by molar-refractivity contribution is -0.114. The van der Waals surface area contributed by atoms with Crippen LogP contribution in [0.3, 0.4) is 0 Å². The lowest BCUT2D eigenvalue weighted by Crippen LogP contribution is -2.27. The van der Waals surface area contributed by atoms with E-state index in [0.717, 1.165) is 11.8 Å². The summed E-state index contributed by atoms with van der Waals surface area (Å²) in [5.74, 6) is 0.816. The summed E-state index contributed by atoms with van der Waals surface area (Å²) in [7, 11) is -2.94.